The van der Waals surface area contributed by atoms with Gasteiger partial charge in [-0.1, -0.05) is 24.3 Å². The molecule has 192 valence electrons. The minimum absolute atomic E-state index is 0.0707. The first-order valence-electron chi connectivity index (χ1n) is 11.5. The Hall–Kier alpha value is -3.06. The van der Waals surface area contributed by atoms with E-state index in [9.17, 15) is 9.59 Å². The zero-order chi connectivity index (χ0) is 25.1. The second-order valence-electron chi connectivity index (χ2n) is 7.43. The van der Waals surface area contributed by atoms with Crippen LogP contribution in [0.4, 0.5) is 0 Å². The van der Waals surface area contributed by atoms with Crippen molar-refractivity contribution in [2.45, 2.75) is 26.8 Å². The summed E-state index contributed by atoms with van der Waals surface area (Å²) in [5, 5.41) is 21.3. The Morgan fingerprint density at radius 1 is 0.743 bits per heavy atom. The van der Waals surface area contributed by atoms with Crippen LogP contribution in [0.2, 0.25) is 0 Å². The predicted molar refractivity (Wildman–Crippen MR) is 126 cm³/mol. The van der Waals surface area contributed by atoms with Crippen molar-refractivity contribution in [3.8, 4) is 11.4 Å². The van der Waals surface area contributed by atoms with Crippen LogP contribution in [0, 0.1) is 6.92 Å². The molecule has 2 amide bonds. The van der Waals surface area contributed by atoms with Crippen LogP contribution in [0.15, 0.2) is 24.3 Å². The maximum absolute atomic E-state index is 12.0. The fourth-order valence-electron chi connectivity index (χ4n) is 2.68. The monoisotopic (exact) mass is 490 g/mol. The van der Waals surface area contributed by atoms with Gasteiger partial charge in [-0.05, 0) is 12.5 Å². The zero-order valence-corrected chi connectivity index (χ0v) is 20.3. The van der Waals surface area contributed by atoms with Gasteiger partial charge in [0.25, 0.3) is 0 Å². The average molecular weight is 491 g/mol. The van der Waals surface area contributed by atoms with Crippen molar-refractivity contribution >= 4 is 11.8 Å². The van der Waals surface area contributed by atoms with E-state index in [0.717, 1.165) is 11.1 Å². The van der Waals surface area contributed by atoms with E-state index < -0.39 is 0 Å². The van der Waals surface area contributed by atoms with Gasteiger partial charge in [-0.2, -0.15) is 0 Å². The van der Waals surface area contributed by atoms with Crippen LogP contribution in [0.1, 0.15) is 24.7 Å². The number of carbonyl (C=O) groups excluding carboxylic acids is 2. The van der Waals surface area contributed by atoms with Gasteiger partial charge in [0.2, 0.25) is 17.6 Å². The van der Waals surface area contributed by atoms with Gasteiger partial charge in [0, 0.05) is 32.0 Å². The third-order valence-electron chi connectivity index (χ3n) is 4.49. The molecular formula is C23H34N6O6. The summed E-state index contributed by atoms with van der Waals surface area (Å²) in [6.07, 6.45) is 0.275. The SMILES string of the molecule is CC(=O)NCCOCCOCCOCCOCCC(=O)NCc1ccc(-c2nnc(C)nn2)cc1. The standard InChI is InChI=1S/C23H34N6O6/c1-18-26-28-23(29-27-18)21-5-3-20(4-6-21)17-25-22(31)7-9-32-11-13-34-15-16-35-14-12-33-10-8-24-19(2)30/h3-6H,7-17H2,1-2H3,(H,24,30)(H,25,31). The molecule has 0 aliphatic carbocycles. The molecule has 1 heterocycles. The largest absolute Gasteiger partial charge is 0.379 e. The summed E-state index contributed by atoms with van der Waals surface area (Å²) >= 11 is 0. The van der Waals surface area contributed by atoms with E-state index in [2.05, 4.69) is 31.0 Å². The molecular weight excluding hydrogens is 456 g/mol. The van der Waals surface area contributed by atoms with E-state index in [-0.39, 0.29) is 18.2 Å². The van der Waals surface area contributed by atoms with Gasteiger partial charge in [-0.15, -0.1) is 20.4 Å². The molecule has 12 heteroatoms. The van der Waals surface area contributed by atoms with Crippen LogP contribution in [-0.4, -0.2) is 91.6 Å². The van der Waals surface area contributed by atoms with Gasteiger partial charge in [0.1, 0.15) is 0 Å². The first-order valence-corrected chi connectivity index (χ1v) is 11.5. The summed E-state index contributed by atoms with van der Waals surface area (Å²) in [6, 6.07) is 7.54. The van der Waals surface area contributed by atoms with Gasteiger partial charge in [0.05, 0.1) is 52.9 Å². The number of hydrogen-bond donors (Lipinski definition) is 2. The van der Waals surface area contributed by atoms with Crippen molar-refractivity contribution in [2.75, 3.05) is 59.4 Å². The fraction of sp³-hybridized carbons (Fsp3) is 0.565. The number of carbonyl (C=O) groups is 2. The molecule has 0 atom stereocenters. The van der Waals surface area contributed by atoms with Crippen LogP contribution < -0.4 is 10.6 Å². The first-order chi connectivity index (χ1) is 17.0. The molecule has 0 radical (unpaired) electrons. The van der Waals surface area contributed by atoms with E-state index >= 15 is 0 Å². The number of nitrogens with zero attached hydrogens (tertiary/aromatic N) is 4. The summed E-state index contributed by atoms with van der Waals surface area (Å²) in [6.45, 7) is 7.59. The van der Waals surface area contributed by atoms with E-state index in [1.165, 1.54) is 6.92 Å². The third-order valence-corrected chi connectivity index (χ3v) is 4.49. The topological polar surface area (TPSA) is 147 Å². The van der Waals surface area contributed by atoms with Crippen LogP contribution >= 0.6 is 0 Å². The van der Waals surface area contributed by atoms with Gasteiger partial charge in [-0.3, -0.25) is 9.59 Å². The lowest BCUT2D eigenvalue weighted by atomic mass is 10.1. The maximum Gasteiger partial charge on any atom is 0.222 e. The lowest BCUT2D eigenvalue weighted by molar-refractivity contribution is -0.122. The molecule has 12 nitrogen and oxygen atoms in total. The Bertz CT molecular complexity index is 866. The Morgan fingerprint density at radius 3 is 1.86 bits per heavy atom. The number of benzene rings is 1. The number of nitrogens with one attached hydrogen (secondary N) is 2. The summed E-state index contributed by atoms with van der Waals surface area (Å²) in [4.78, 5) is 22.7. The molecule has 0 saturated carbocycles. The second kappa shape index (κ2) is 17.4. The quantitative estimate of drug-likeness (QED) is 0.282. The Morgan fingerprint density at radius 2 is 1.29 bits per heavy atom. The third kappa shape index (κ3) is 13.4. The lowest BCUT2D eigenvalue weighted by Crippen LogP contribution is -2.25. The van der Waals surface area contributed by atoms with E-state index in [1.54, 1.807) is 6.92 Å². The minimum atomic E-state index is -0.0852. The van der Waals surface area contributed by atoms with Crippen molar-refractivity contribution in [3.05, 3.63) is 35.7 Å². The van der Waals surface area contributed by atoms with Gasteiger partial charge < -0.3 is 29.6 Å². The van der Waals surface area contributed by atoms with E-state index in [0.29, 0.717) is 77.6 Å². The molecule has 1 aromatic carbocycles. The highest BCUT2D eigenvalue weighted by atomic mass is 16.6. The molecule has 2 rings (SSSR count). The summed E-state index contributed by atoms with van der Waals surface area (Å²) < 4.78 is 21.5. The van der Waals surface area contributed by atoms with Gasteiger partial charge in [-0.25, -0.2) is 0 Å². The summed E-state index contributed by atoms with van der Waals surface area (Å²) in [5.41, 5.74) is 1.77. The van der Waals surface area contributed by atoms with Gasteiger partial charge >= 0.3 is 0 Å². The highest BCUT2D eigenvalue weighted by Gasteiger charge is 2.05. The molecule has 0 bridgehead atoms. The molecule has 0 aliphatic rings. The maximum atomic E-state index is 12.0. The minimum Gasteiger partial charge on any atom is -0.379 e. The Labute approximate surface area is 205 Å². The Kier molecular flexibility index (Phi) is 14.0. The van der Waals surface area contributed by atoms with Gasteiger partial charge in [0.15, 0.2) is 5.82 Å². The highest BCUT2D eigenvalue weighted by molar-refractivity contribution is 5.76. The number of hydrogen-bond acceptors (Lipinski definition) is 10. The normalized spacial score (nSPS) is 10.8. The second-order valence-corrected chi connectivity index (χ2v) is 7.43. The Balaban J connectivity index is 1.40. The number of rotatable bonds is 18. The number of aromatic nitrogens is 4. The predicted octanol–water partition coefficient (Wildman–Crippen LogP) is 0.451. The molecule has 0 fully saturated rings. The first kappa shape index (κ1) is 28.2. The summed E-state index contributed by atoms with van der Waals surface area (Å²) in [7, 11) is 0. The highest BCUT2D eigenvalue weighted by Crippen LogP contribution is 2.13. The molecule has 35 heavy (non-hydrogen) atoms. The van der Waals surface area contributed by atoms with Crippen molar-refractivity contribution < 1.29 is 28.5 Å². The lowest BCUT2D eigenvalue weighted by Gasteiger charge is -2.08. The molecule has 2 N–H and O–H groups in total. The molecule has 1 aromatic heterocycles. The smallest absolute Gasteiger partial charge is 0.222 e. The van der Waals surface area contributed by atoms with Crippen molar-refractivity contribution in [2.24, 2.45) is 0 Å². The zero-order valence-electron chi connectivity index (χ0n) is 20.3. The molecule has 0 unspecified atom stereocenters. The number of ether oxygens (including phenoxy) is 4. The average Bonchev–Trinajstić information content (AvgIpc) is 2.85. The van der Waals surface area contributed by atoms with Crippen molar-refractivity contribution in [3.63, 3.8) is 0 Å². The molecule has 0 aliphatic heterocycles. The molecule has 2 aromatic rings. The number of amides is 2. The van der Waals surface area contributed by atoms with Crippen LogP contribution in [0.25, 0.3) is 11.4 Å². The van der Waals surface area contributed by atoms with Crippen molar-refractivity contribution in [1.29, 1.82) is 0 Å². The summed E-state index contributed by atoms with van der Waals surface area (Å²) in [5.74, 6) is 0.822. The van der Waals surface area contributed by atoms with E-state index in [4.69, 9.17) is 18.9 Å². The van der Waals surface area contributed by atoms with Crippen molar-refractivity contribution in [1.82, 2.24) is 31.0 Å². The van der Waals surface area contributed by atoms with Crippen LogP contribution in [0.3, 0.4) is 0 Å². The fourth-order valence-corrected chi connectivity index (χ4v) is 2.68. The number of aryl methyl sites for hydroxylation is 1. The van der Waals surface area contributed by atoms with E-state index in [1.807, 2.05) is 24.3 Å². The molecule has 0 spiro atoms. The molecule has 0 saturated heterocycles. The van der Waals surface area contributed by atoms with Crippen LogP contribution in [-0.2, 0) is 35.1 Å². The van der Waals surface area contributed by atoms with Crippen LogP contribution in [0.5, 0.6) is 0 Å².